The Morgan fingerprint density at radius 3 is 2.70 bits per heavy atom. The molecule has 2 nitrogen and oxygen atoms in total. The van der Waals surface area contributed by atoms with Gasteiger partial charge in [-0.15, -0.1) is 0 Å². The predicted molar refractivity (Wildman–Crippen MR) is 122 cm³/mol. The molecule has 0 radical (unpaired) electrons. The number of hydrogen-bond donors (Lipinski definition) is 1. The summed E-state index contributed by atoms with van der Waals surface area (Å²) in [6, 6.07) is 7.38. The van der Waals surface area contributed by atoms with Crippen LogP contribution in [0.15, 0.2) is 54.1 Å². The van der Waals surface area contributed by atoms with Crippen molar-refractivity contribution in [1.29, 1.82) is 0 Å². The molecule has 4 aliphatic carbocycles. The first-order chi connectivity index (χ1) is 14.4. The van der Waals surface area contributed by atoms with Gasteiger partial charge in [-0.1, -0.05) is 69.7 Å². The van der Waals surface area contributed by atoms with Gasteiger partial charge in [0.25, 0.3) is 0 Å². The Morgan fingerprint density at radius 2 is 1.93 bits per heavy atom. The zero-order valence-electron chi connectivity index (χ0n) is 18.5. The smallest absolute Gasteiger partial charge is 0.336 e. The number of allylic oxidation sites excluding steroid dienone is 6. The molecule has 0 saturated heterocycles. The molecule has 158 valence electrons. The molecule has 1 aromatic carbocycles. The first kappa shape index (κ1) is 19.8. The van der Waals surface area contributed by atoms with Crippen molar-refractivity contribution in [3.63, 3.8) is 0 Å². The quantitative estimate of drug-likeness (QED) is 0.583. The molecule has 30 heavy (non-hydrogen) atoms. The molecule has 6 atom stereocenters. The van der Waals surface area contributed by atoms with Crippen LogP contribution in [0.25, 0.3) is 5.57 Å². The van der Waals surface area contributed by atoms with E-state index in [2.05, 4.69) is 45.1 Å². The summed E-state index contributed by atoms with van der Waals surface area (Å²) < 4.78 is 0. The third-order valence-corrected chi connectivity index (χ3v) is 9.52. The molecule has 2 fully saturated rings. The van der Waals surface area contributed by atoms with E-state index in [0.717, 1.165) is 28.9 Å². The van der Waals surface area contributed by atoms with Gasteiger partial charge < -0.3 is 5.11 Å². The minimum atomic E-state index is -0.857. The van der Waals surface area contributed by atoms with Crippen LogP contribution in [0.2, 0.25) is 0 Å². The molecule has 0 spiro atoms. The van der Waals surface area contributed by atoms with E-state index in [0.29, 0.717) is 16.9 Å². The first-order valence-corrected chi connectivity index (χ1v) is 11.8. The Balaban J connectivity index is 1.50. The Labute approximate surface area is 180 Å². The van der Waals surface area contributed by atoms with E-state index in [1.165, 1.54) is 44.1 Å². The molecule has 2 saturated carbocycles. The summed E-state index contributed by atoms with van der Waals surface area (Å²) in [4.78, 5) is 11.7. The Kier molecular flexibility index (Phi) is 4.61. The van der Waals surface area contributed by atoms with Gasteiger partial charge in [-0.25, -0.2) is 4.79 Å². The zero-order chi connectivity index (χ0) is 21.1. The fourth-order valence-corrected chi connectivity index (χ4v) is 7.84. The summed E-state index contributed by atoms with van der Waals surface area (Å²) in [5.41, 5.74) is 4.26. The highest BCUT2D eigenvalue weighted by Gasteiger charge is 2.57. The predicted octanol–water partition coefficient (Wildman–Crippen LogP) is 7.14. The van der Waals surface area contributed by atoms with E-state index >= 15 is 0 Å². The van der Waals surface area contributed by atoms with Crippen LogP contribution in [0, 0.1) is 34.5 Å². The van der Waals surface area contributed by atoms with Gasteiger partial charge in [0, 0.05) is 5.41 Å². The van der Waals surface area contributed by atoms with Crippen LogP contribution in [0.3, 0.4) is 0 Å². The molecule has 5 rings (SSSR count). The largest absolute Gasteiger partial charge is 0.478 e. The third kappa shape index (κ3) is 2.72. The number of carbonyl (C=O) groups is 1. The number of carboxylic acid groups (broad SMARTS) is 1. The number of hydrogen-bond acceptors (Lipinski definition) is 1. The number of benzene rings is 1. The lowest BCUT2D eigenvalue weighted by atomic mass is 9.48. The van der Waals surface area contributed by atoms with Crippen molar-refractivity contribution < 1.29 is 9.90 Å². The van der Waals surface area contributed by atoms with Gasteiger partial charge in [-0.2, -0.15) is 0 Å². The fraction of sp³-hybridized carbons (Fsp3) is 0.536. The molecule has 1 N–H and O–H groups in total. The topological polar surface area (TPSA) is 37.3 Å². The maximum absolute atomic E-state index is 11.7. The number of carboxylic acids is 1. The van der Waals surface area contributed by atoms with Crippen LogP contribution in [0.1, 0.15) is 75.2 Å². The molecule has 0 amide bonds. The second kappa shape index (κ2) is 6.97. The molecule has 0 aliphatic heterocycles. The number of fused-ring (bicyclic) bond motifs is 5. The lowest BCUT2D eigenvalue weighted by Gasteiger charge is -2.56. The van der Waals surface area contributed by atoms with Gasteiger partial charge in [-0.05, 0) is 84.0 Å². The molecule has 0 aromatic heterocycles. The van der Waals surface area contributed by atoms with E-state index in [4.69, 9.17) is 0 Å². The maximum Gasteiger partial charge on any atom is 0.336 e. The van der Waals surface area contributed by atoms with Crippen molar-refractivity contribution in [2.24, 2.45) is 34.5 Å². The van der Waals surface area contributed by atoms with Crippen molar-refractivity contribution in [3.05, 3.63) is 65.3 Å². The normalized spacial score (nSPS) is 39.4. The van der Waals surface area contributed by atoms with Gasteiger partial charge in [0.2, 0.25) is 0 Å². The Hall–Kier alpha value is -2.09. The van der Waals surface area contributed by atoms with Crippen molar-refractivity contribution in [2.45, 2.75) is 59.3 Å². The van der Waals surface area contributed by atoms with E-state index in [9.17, 15) is 9.90 Å². The third-order valence-electron chi connectivity index (χ3n) is 9.52. The molecule has 0 heterocycles. The molecular weight excluding hydrogens is 368 g/mol. The van der Waals surface area contributed by atoms with Crippen molar-refractivity contribution >= 4 is 11.5 Å². The second-order valence-electron chi connectivity index (χ2n) is 10.6. The van der Waals surface area contributed by atoms with Crippen molar-refractivity contribution in [1.82, 2.24) is 0 Å². The fourth-order valence-electron chi connectivity index (χ4n) is 7.84. The lowest BCUT2D eigenvalue weighted by molar-refractivity contribution is -0.0209. The van der Waals surface area contributed by atoms with Crippen LogP contribution >= 0.6 is 0 Å². The first-order valence-electron chi connectivity index (χ1n) is 11.8. The van der Waals surface area contributed by atoms with Crippen LogP contribution < -0.4 is 0 Å². The van der Waals surface area contributed by atoms with E-state index in [1.54, 1.807) is 12.1 Å². The highest BCUT2D eigenvalue weighted by molar-refractivity contribution is 5.96. The average Bonchev–Trinajstić information content (AvgIpc) is 3.09. The molecule has 0 bridgehead atoms. The van der Waals surface area contributed by atoms with Crippen LogP contribution in [-0.2, 0) is 0 Å². The van der Waals surface area contributed by atoms with E-state index < -0.39 is 5.97 Å². The molecule has 1 aromatic rings. The van der Waals surface area contributed by atoms with Crippen LogP contribution in [0.5, 0.6) is 0 Å². The van der Waals surface area contributed by atoms with Crippen molar-refractivity contribution in [2.75, 3.05) is 0 Å². The molecule has 4 aliphatic rings. The second-order valence-corrected chi connectivity index (χ2v) is 10.6. The zero-order valence-corrected chi connectivity index (χ0v) is 18.5. The standard InChI is InChI=1S/C28H34O2/c1-4-19-10-12-24-23-11-9-20-17-18(21-7-5-6-8-22(21)26(29)30)13-15-28(20,3)25(23)14-16-27(19,24)2/h5-9,13,15,17,19,23-25H,4,10-12,14,16H2,1-3H3,(H,29,30)/t19-,23-,24-,25-,27+,28-/m0/s1. The highest BCUT2D eigenvalue weighted by atomic mass is 16.4. The van der Waals surface area contributed by atoms with Crippen LogP contribution in [-0.4, -0.2) is 11.1 Å². The van der Waals surface area contributed by atoms with E-state index in [-0.39, 0.29) is 5.41 Å². The van der Waals surface area contributed by atoms with Gasteiger partial charge in [0.1, 0.15) is 0 Å². The van der Waals surface area contributed by atoms with Gasteiger partial charge in [-0.3, -0.25) is 0 Å². The molecule has 2 heteroatoms. The van der Waals surface area contributed by atoms with Crippen LogP contribution in [0.4, 0.5) is 0 Å². The monoisotopic (exact) mass is 402 g/mol. The van der Waals surface area contributed by atoms with Gasteiger partial charge in [0.15, 0.2) is 0 Å². The minimum absolute atomic E-state index is 0.0796. The average molecular weight is 403 g/mol. The Bertz CT molecular complexity index is 967. The highest BCUT2D eigenvalue weighted by Crippen LogP contribution is 2.65. The minimum Gasteiger partial charge on any atom is -0.478 e. The van der Waals surface area contributed by atoms with Gasteiger partial charge in [0.05, 0.1) is 5.56 Å². The van der Waals surface area contributed by atoms with Crippen molar-refractivity contribution in [3.8, 4) is 0 Å². The summed E-state index contributed by atoms with van der Waals surface area (Å²) in [5.74, 6) is 2.41. The summed E-state index contributed by atoms with van der Waals surface area (Å²) in [5, 5.41) is 9.62. The Morgan fingerprint density at radius 1 is 1.13 bits per heavy atom. The maximum atomic E-state index is 11.7. The number of rotatable bonds is 3. The SMILES string of the molecule is CC[C@H]1CC[C@H]2[C@@H]3CC=C4C=C(c5ccccc5C(=O)O)C=C[C@]4(C)[C@H]3CC[C@]12C. The summed E-state index contributed by atoms with van der Waals surface area (Å²) in [6.45, 7) is 7.40. The summed E-state index contributed by atoms with van der Waals surface area (Å²) in [6.07, 6.45) is 17.4. The molecular formula is C28H34O2. The molecule has 0 unspecified atom stereocenters. The van der Waals surface area contributed by atoms with Gasteiger partial charge >= 0.3 is 5.97 Å². The lowest BCUT2D eigenvalue weighted by Crippen LogP contribution is -2.48. The van der Waals surface area contributed by atoms with E-state index in [1.807, 2.05) is 12.1 Å². The summed E-state index contributed by atoms with van der Waals surface area (Å²) in [7, 11) is 0. The summed E-state index contributed by atoms with van der Waals surface area (Å²) >= 11 is 0. The number of aromatic carboxylic acids is 1.